The summed E-state index contributed by atoms with van der Waals surface area (Å²) < 4.78 is 105. The SMILES string of the molecule is CC(C)(C)Cc1ccccc1C(C)(C)C.CC(C)(C)c1ccccc1-c1ccccc1.CC(C)(C)c1ccccc1C1CCCCC1.CC(C)(C)c1ccccc1CC(C)(C)C(F)(F)F.CC(C)Cc1ccccc1C(C)(C)C.CC(C)c1ccccc1C(C)(C)C.[2H]C(CC)(CC)c1cccc(C([2H])(CC)CC)c1C(C)(C)C.[2H]C1(c2ccccc2C(C)(C)C)CCCCC1.[2H]c1c([2H])c([2H])c(-c2ccccc2C(C)(C)C)c([2H])c1[2H]. The van der Waals surface area contributed by atoms with Gasteiger partial charge >= 0.3 is 6.18 Å². The van der Waals surface area contributed by atoms with Crippen LogP contribution in [0.2, 0.25) is 0 Å². The molecule has 144 heavy (non-hydrogen) atoms. The Hall–Kier alpha value is -8.79. The molecule has 11 aromatic rings. The lowest BCUT2D eigenvalue weighted by atomic mass is 9.73. The molecule has 0 bridgehead atoms. The Morgan fingerprint density at radius 2 is 0.597 bits per heavy atom. The maximum atomic E-state index is 12.9. The summed E-state index contributed by atoms with van der Waals surface area (Å²) in [6.45, 7) is 86.7. The van der Waals surface area contributed by atoms with Crippen molar-refractivity contribution in [3.8, 4) is 22.3 Å². The summed E-state index contributed by atoms with van der Waals surface area (Å²) in [5.74, 6) is 0.738. The van der Waals surface area contributed by atoms with Crippen LogP contribution in [0.4, 0.5) is 13.2 Å². The third-order valence-electron chi connectivity index (χ3n) is 27.6. The van der Waals surface area contributed by atoms with Crippen LogP contribution in [0.1, 0.15) is 502 Å². The molecular formula is C141H205F3. The highest BCUT2D eigenvalue weighted by Gasteiger charge is 2.47. The molecule has 0 nitrogen and oxygen atoms in total. The molecule has 790 valence electrons. The van der Waals surface area contributed by atoms with Crippen molar-refractivity contribution in [3.05, 3.63) is 367 Å². The van der Waals surface area contributed by atoms with E-state index >= 15 is 0 Å². The summed E-state index contributed by atoms with van der Waals surface area (Å²) in [5.41, 5.74) is 25.7. The minimum absolute atomic E-state index is 0.0178. The normalized spacial score (nSPS) is 14.9. The summed E-state index contributed by atoms with van der Waals surface area (Å²) >= 11 is 0. The Kier molecular flexibility index (Phi) is 43.7. The number of alkyl halides is 3. The van der Waals surface area contributed by atoms with Crippen molar-refractivity contribution in [2.24, 2.45) is 16.7 Å². The van der Waals surface area contributed by atoms with Crippen molar-refractivity contribution in [1.82, 2.24) is 0 Å². The number of benzene rings is 11. The standard InChI is InChI=1S/C20H34.2C16H24.2C16H18.C15H21F3.C15H24.C14H22.C13H20/c1-8-15(9-2)17-13-12-14-18(16(10-3)11-4)19(17)20(5,6)7;4*1-16(2,3)15-12-8-7-11-14(15)13-9-5-4-6-10-13;1-13(2,3)12-9-7-6-8-11(12)10-14(4,5)15(16,17)18;1-14(2,3)11-12-9-7-8-10-13(12)15(4,5)6;1-11(2)10-12-8-6-7-9-13(12)14(3,4)5;1-10(2)11-8-6-7-9-12(11)13(3,4)5/h12-16H,8-11H2,1-7H3;2*7-8,11-13H,4-6,9-10H2,1-3H3;2*4-12H,1-3H3;6-9H,10H2,1-5H3;7-10H,11H2,1-6H3;6-9,11H,10H2,1-5H3;6-10H,1-5H3/i15D,16D;13D;;4D,5D,6D,9D,10D;;;;;. The number of hydrogen-bond acceptors (Lipinski definition) is 0. The van der Waals surface area contributed by atoms with E-state index in [1.54, 1.807) is 23.3 Å². The smallest absolute Gasteiger partial charge is 0.171 e. The molecule has 2 aliphatic rings. The number of hydrogen-bond donors (Lipinski definition) is 0. The lowest BCUT2D eigenvalue weighted by molar-refractivity contribution is -0.211. The van der Waals surface area contributed by atoms with Crippen LogP contribution in [0.5, 0.6) is 0 Å². The van der Waals surface area contributed by atoms with Crippen LogP contribution in [0.3, 0.4) is 0 Å². The molecule has 0 aliphatic heterocycles. The van der Waals surface area contributed by atoms with E-state index in [1.165, 1.54) is 138 Å². The predicted molar refractivity (Wildman–Crippen MR) is 635 cm³/mol. The molecule has 11 aromatic carbocycles. The molecular weight excluding hydrogens is 1750 g/mol. The van der Waals surface area contributed by atoms with Gasteiger partial charge in [-0.2, -0.15) is 13.2 Å². The van der Waals surface area contributed by atoms with Gasteiger partial charge in [0.15, 0.2) is 0 Å². The first-order valence-corrected chi connectivity index (χ1v) is 54.9. The van der Waals surface area contributed by atoms with E-state index in [-0.39, 0.29) is 96.8 Å². The highest BCUT2D eigenvalue weighted by Crippen LogP contribution is 2.47. The van der Waals surface area contributed by atoms with Gasteiger partial charge in [0.05, 0.1) is 12.3 Å². The fraction of sp³-hybridized carbons (Fsp3) is 0.532. The largest absolute Gasteiger partial charge is 0.394 e. The second kappa shape index (κ2) is 56.0. The van der Waals surface area contributed by atoms with Crippen molar-refractivity contribution >= 4 is 0 Å². The summed E-state index contributed by atoms with van der Waals surface area (Å²) in [7, 11) is 0. The van der Waals surface area contributed by atoms with Crippen LogP contribution in [0.15, 0.2) is 273 Å². The summed E-state index contributed by atoms with van der Waals surface area (Å²) in [4.78, 5) is 0. The molecule has 2 fully saturated rings. The zero-order valence-corrected chi connectivity index (χ0v) is 98.5. The summed E-state index contributed by atoms with van der Waals surface area (Å²) in [6.07, 6.45) is 14.2. The van der Waals surface area contributed by atoms with Crippen LogP contribution in [-0.4, -0.2) is 6.18 Å². The van der Waals surface area contributed by atoms with E-state index in [1.807, 2.05) is 77.9 Å². The van der Waals surface area contributed by atoms with Crippen molar-refractivity contribution in [2.75, 3.05) is 0 Å². The lowest BCUT2D eigenvalue weighted by Gasteiger charge is -2.32. The highest BCUT2D eigenvalue weighted by molar-refractivity contribution is 5.70. The molecule has 0 amide bonds. The zero-order valence-electron chi connectivity index (χ0n) is 106. The molecule has 0 N–H and O–H groups in total. The summed E-state index contributed by atoms with van der Waals surface area (Å²) in [5, 5.41) is 0. The van der Waals surface area contributed by atoms with Gasteiger partial charge in [0, 0.05) is 4.11 Å². The second-order valence-corrected chi connectivity index (χ2v) is 52.3. The van der Waals surface area contributed by atoms with Gasteiger partial charge in [-0.3, -0.25) is 0 Å². The molecule has 3 heteroatoms. The van der Waals surface area contributed by atoms with Gasteiger partial charge in [0.2, 0.25) is 0 Å². The Labute approximate surface area is 895 Å². The van der Waals surface area contributed by atoms with Gasteiger partial charge < -0.3 is 0 Å². The van der Waals surface area contributed by atoms with Gasteiger partial charge in [-0.25, -0.2) is 0 Å². The third-order valence-corrected chi connectivity index (χ3v) is 27.6. The fourth-order valence-electron chi connectivity index (χ4n) is 20.1. The highest BCUT2D eigenvalue weighted by atomic mass is 19.4. The van der Waals surface area contributed by atoms with Gasteiger partial charge in [-0.15, -0.1) is 0 Å². The van der Waals surface area contributed by atoms with Crippen LogP contribution >= 0.6 is 0 Å². The summed E-state index contributed by atoms with van der Waals surface area (Å²) in [6, 6.07) is 83.2. The van der Waals surface area contributed by atoms with E-state index in [2.05, 4.69) is 416 Å². The monoisotopic (exact) mass is 1960 g/mol. The first-order valence-electron chi connectivity index (χ1n) is 58.9. The average molecular weight is 1970 g/mol. The van der Waals surface area contributed by atoms with Crippen molar-refractivity contribution in [2.45, 2.75) is 471 Å². The van der Waals surface area contributed by atoms with E-state index in [9.17, 15) is 13.2 Å². The first kappa shape index (κ1) is 112. The Bertz CT molecular complexity index is 5920. The maximum absolute atomic E-state index is 12.9. The predicted octanol–water partition coefficient (Wildman–Crippen LogP) is 44.1. The van der Waals surface area contributed by atoms with Crippen molar-refractivity contribution < 1.29 is 24.1 Å². The molecule has 0 spiro atoms. The molecule has 0 heterocycles. The molecule has 0 unspecified atom stereocenters. The quantitative estimate of drug-likeness (QED) is 0.0904. The van der Waals surface area contributed by atoms with Gasteiger partial charge in [0.1, 0.15) is 0 Å². The van der Waals surface area contributed by atoms with Crippen molar-refractivity contribution in [1.29, 1.82) is 0 Å². The van der Waals surface area contributed by atoms with Gasteiger partial charge in [0.25, 0.3) is 0 Å². The van der Waals surface area contributed by atoms with Crippen LogP contribution < -0.4 is 0 Å². The average Bonchev–Trinajstić information content (AvgIpc) is 0.743. The van der Waals surface area contributed by atoms with E-state index < -0.39 is 23.4 Å². The van der Waals surface area contributed by atoms with Crippen molar-refractivity contribution in [3.63, 3.8) is 0 Å². The molecule has 0 atom stereocenters. The minimum Gasteiger partial charge on any atom is -0.171 e. The molecule has 2 saturated carbocycles. The molecule has 0 aromatic heterocycles. The molecule has 0 radical (unpaired) electrons. The zero-order chi connectivity index (χ0) is 116. The Morgan fingerprint density at radius 1 is 0.292 bits per heavy atom. The lowest BCUT2D eigenvalue weighted by Crippen LogP contribution is -2.34. The Morgan fingerprint density at radius 3 is 0.958 bits per heavy atom. The first-order chi connectivity index (χ1) is 69.8. The third kappa shape index (κ3) is 41.0. The molecule has 13 rings (SSSR count). The molecule has 0 saturated heterocycles. The van der Waals surface area contributed by atoms with E-state index in [0.717, 1.165) is 84.6 Å². The van der Waals surface area contributed by atoms with E-state index in [4.69, 9.17) is 11.0 Å². The fourth-order valence-corrected chi connectivity index (χ4v) is 20.1. The minimum atomic E-state index is -4.18. The van der Waals surface area contributed by atoms with Gasteiger partial charge in [-0.05, 0) is 277 Å². The number of rotatable bonds is 16. The topological polar surface area (TPSA) is 0 Å². The van der Waals surface area contributed by atoms with Crippen LogP contribution in [0.25, 0.3) is 22.3 Å². The van der Waals surface area contributed by atoms with Crippen LogP contribution in [0, 0.1) is 16.7 Å². The molecule has 2 aliphatic carbocycles. The van der Waals surface area contributed by atoms with Crippen LogP contribution in [-0.2, 0) is 68.0 Å². The van der Waals surface area contributed by atoms with Gasteiger partial charge in [-0.1, -0.05) is 588 Å². The second-order valence-electron chi connectivity index (χ2n) is 52.3. The maximum Gasteiger partial charge on any atom is 0.394 e. The Balaban J connectivity index is 0.000000301. The van der Waals surface area contributed by atoms with E-state index in [0.29, 0.717) is 16.9 Å². The number of halogens is 3.